The molecule has 2 nitrogen and oxygen atoms in total. The van der Waals surface area contributed by atoms with Gasteiger partial charge in [0, 0.05) is 5.56 Å². The van der Waals surface area contributed by atoms with Gasteiger partial charge in [0.1, 0.15) is 6.10 Å². The molecule has 0 amide bonds. The Hall–Kier alpha value is -1.35. The lowest BCUT2D eigenvalue weighted by molar-refractivity contribution is 0.208. The van der Waals surface area contributed by atoms with Gasteiger partial charge in [0.25, 0.3) is 0 Å². The van der Waals surface area contributed by atoms with Gasteiger partial charge in [-0.25, -0.2) is 4.39 Å². The van der Waals surface area contributed by atoms with Gasteiger partial charge in [0.2, 0.25) is 0 Å². The Morgan fingerprint density at radius 1 is 1.28 bits per heavy atom. The summed E-state index contributed by atoms with van der Waals surface area (Å²) in [4.78, 5) is 0. The Kier molecular flexibility index (Phi) is 4.76. The van der Waals surface area contributed by atoms with Crippen LogP contribution in [0.15, 0.2) is 30.4 Å². The number of halogens is 1. The van der Waals surface area contributed by atoms with Gasteiger partial charge in [-0.2, -0.15) is 0 Å². The highest BCUT2D eigenvalue weighted by atomic mass is 19.1. The predicted octanol–water partition coefficient (Wildman–Crippen LogP) is 3.59. The zero-order valence-electron chi connectivity index (χ0n) is 10.4. The molecule has 0 aliphatic heterocycles. The summed E-state index contributed by atoms with van der Waals surface area (Å²) >= 11 is 0. The third-order valence-corrected chi connectivity index (χ3v) is 3.20. The van der Waals surface area contributed by atoms with Gasteiger partial charge in [0.15, 0.2) is 11.6 Å². The highest BCUT2D eigenvalue weighted by molar-refractivity contribution is 5.34. The van der Waals surface area contributed by atoms with Gasteiger partial charge in [-0.15, -0.1) is 0 Å². The molecule has 2 rings (SSSR count). The zero-order valence-corrected chi connectivity index (χ0v) is 10.4. The molecule has 1 unspecified atom stereocenters. The van der Waals surface area contributed by atoms with E-state index in [9.17, 15) is 9.50 Å². The van der Waals surface area contributed by atoms with Crippen LogP contribution in [0.1, 0.15) is 37.7 Å². The first kappa shape index (κ1) is 13.1. The molecule has 98 valence electrons. The molecular weight excluding hydrogens is 231 g/mol. The highest BCUT2D eigenvalue weighted by Crippen LogP contribution is 2.26. The van der Waals surface area contributed by atoms with Crippen molar-refractivity contribution >= 4 is 0 Å². The van der Waals surface area contributed by atoms with Crippen LogP contribution >= 0.6 is 0 Å². The van der Waals surface area contributed by atoms with E-state index in [1.807, 2.05) is 6.08 Å². The predicted molar refractivity (Wildman–Crippen MR) is 69.0 cm³/mol. The molecule has 1 atom stereocenters. The van der Waals surface area contributed by atoms with Crippen molar-refractivity contribution in [1.29, 1.82) is 0 Å². The van der Waals surface area contributed by atoms with E-state index < -0.39 is 5.82 Å². The largest absolute Gasteiger partial charge is 0.483 e. The van der Waals surface area contributed by atoms with E-state index in [-0.39, 0.29) is 18.5 Å². The molecule has 3 heteroatoms. The summed E-state index contributed by atoms with van der Waals surface area (Å²) < 4.78 is 19.4. The van der Waals surface area contributed by atoms with Crippen molar-refractivity contribution in [3.05, 3.63) is 41.7 Å². The van der Waals surface area contributed by atoms with Gasteiger partial charge in [-0.1, -0.05) is 24.6 Å². The number of allylic oxidation sites excluding steroid dienone is 1. The topological polar surface area (TPSA) is 29.5 Å². The molecule has 1 aliphatic rings. The summed E-state index contributed by atoms with van der Waals surface area (Å²) in [5.74, 6) is -0.216. The number of ether oxygens (including phenoxy) is 1. The molecule has 0 spiro atoms. The second-order valence-electron chi connectivity index (χ2n) is 4.61. The molecule has 1 aliphatic carbocycles. The third kappa shape index (κ3) is 3.33. The molecule has 1 aromatic rings. The Morgan fingerprint density at radius 3 is 3.00 bits per heavy atom. The lowest BCUT2D eigenvalue weighted by Crippen LogP contribution is -2.16. The number of hydrogen-bond acceptors (Lipinski definition) is 2. The van der Waals surface area contributed by atoms with E-state index >= 15 is 0 Å². The second kappa shape index (κ2) is 6.55. The Balaban J connectivity index is 2.14. The smallest absolute Gasteiger partial charge is 0.165 e. The van der Waals surface area contributed by atoms with Crippen LogP contribution in [0.4, 0.5) is 4.39 Å². The van der Waals surface area contributed by atoms with Crippen LogP contribution in [0.3, 0.4) is 0 Å². The molecular formula is C15H19FO2. The lowest BCUT2D eigenvalue weighted by atomic mass is 10.0. The summed E-state index contributed by atoms with van der Waals surface area (Å²) in [6.07, 6.45) is 9.47. The maximum absolute atomic E-state index is 13.7. The molecule has 0 fully saturated rings. The third-order valence-electron chi connectivity index (χ3n) is 3.20. The normalized spacial score (nSPS) is 22.0. The Labute approximate surface area is 107 Å². The molecule has 0 saturated carbocycles. The Bertz CT molecular complexity index is 415. The van der Waals surface area contributed by atoms with Crippen LogP contribution in [-0.2, 0) is 6.61 Å². The fourth-order valence-corrected chi connectivity index (χ4v) is 2.19. The summed E-state index contributed by atoms with van der Waals surface area (Å²) in [7, 11) is 0. The minimum absolute atomic E-state index is 0.0903. The van der Waals surface area contributed by atoms with Crippen molar-refractivity contribution in [2.24, 2.45) is 0 Å². The quantitative estimate of drug-likeness (QED) is 0.831. The highest BCUT2D eigenvalue weighted by Gasteiger charge is 2.14. The number of aliphatic hydroxyl groups excluding tert-OH is 1. The molecule has 0 saturated heterocycles. The monoisotopic (exact) mass is 250 g/mol. The average Bonchev–Trinajstić information content (AvgIpc) is 2.34. The van der Waals surface area contributed by atoms with Gasteiger partial charge in [-0.3, -0.25) is 0 Å². The van der Waals surface area contributed by atoms with Crippen molar-refractivity contribution in [2.75, 3.05) is 0 Å². The molecule has 1 N–H and O–H groups in total. The summed E-state index contributed by atoms with van der Waals surface area (Å²) in [6, 6.07) is 4.63. The van der Waals surface area contributed by atoms with Crippen LogP contribution in [0.2, 0.25) is 0 Å². The molecule has 0 heterocycles. The van der Waals surface area contributed by atoms with Crippen molar-refractivity contribution in [2.45, 2.75) is 44.8 Å². The molecule has 0 aromatic heterocycles. The molecule has 0 bridgehead atoms. The Morgan fingerprint density at radius 2 is 2.17 bits per heavy atom. The van der Waals surface area contributed by atoms with Gasteiger partial charge in [0.05, 0.1) is 6.61 Å². The van der Waals surface area contributed by atoms with E-state index in [4.69, 9.17) is 4.74 Å². The first-order valence-electron chi connectivity index (χ1n) is 6.53. The molecule has 18 heavy (non-hydrogen) atoms. The summed E-state index contributed by atoms with van der Waals surface area (Å²) in [6.45, 7) is -0.205. The number of para-hydroxylation sites is 1. The fraction of sp³-hybridized carbons (Fsp3) is 0.467. The van der Waals surface area contributed by atoms with Crippen LogP contribution in [0.5, 0.6) is 5.75 Å². The second-order valence-corrected chi connectivity index (χ2v) is 4.61. The van der Waals surface area contributed by atoms with E-state index in [2.05, 4.69) is 6.08 Å². The van der Waals surface area contributed by atoms with Crippen LogP contribution < -0.4 is 4.74 Å². The number of rotatable bonds is 3. The molecule has 1 aromatic carbocycles. The van der Waals surface area contributed by atoms with Crippen LogP contribution in [-0.4, -0.2) is 11.2 Å². The standard InChI is InChI=1S/C15H19FO2/c16-14-10-6-7-12(11-17)15(14)18-13-8-4-2-1-3-5-9-13/h4,6-8,10,13,17H,1-3,5,9,11H2/b8-4+. The van der Waals surface area contributed by atoms with Crippen molar-refractivity contribution in [3.8, 4) is 5.75 Å². The molecule has 0 radical (unpaired) electrons. The van der Waals surface area contributed by atoms with Crippen molar-refractivity contribution in [3.63, 3.8) is 0 Å². The van der Waals surface area contributed by atoms with Crippen molar-refractivity contribution < 1.29 is 14.2 Å². The van der Waals surface area contributed by atoms with Gasteiger partial charge < -0.3 is 9.84 Å². The van der Waals surface area contributed by atoms with E-state index in [0.29, 0.717) is 5.56 Å². The van der Waals surface area contributed by atoms with E-state index in [0.717, 1.165) is 19.3 Å². The maximum Gasteiger partial charge on any atom is 0.165 e. The van der Waals surface area contributed by atoms with Crippen LogP contribution in [0, 0.1) is 5.82 Å². The minimum atomic E-state index is -0.406. The van der Waals surface area contributed by atoms with Gasteiger partial charge in [-0.05, 0) is 37.8 Å². The maximum atomic E-state index is 13.7. The van der Waals surface area contributed by atoms with E-state index in [1.165, 1.54) is 18.9 Å². The fourth-order valence-electron chi connectivity index (χ4n) is 2.19. The summed E-state index contributed by atoms with van der Waals surface area (Å²) in [5.41, 5.74) is 0.505. The number of hydrogen-bond donors (Lipinski definition) is 1. The van der Waals surface area contributed by atoms with E-state index in [1.54, 1.807) is 12.1 Å². The average molecular weight is 250 g/mol. The lowest BCUT2D eigenvalue weighted by Gasteiger charge is -2.19. The van der Waals surface area contributed by atoms with Crippen LogP contribution in [0.25, 0.3) is 0 Å². The SMILES string of the molecule is OCc1cccc(F)c1OC1/C=C/CCCCC1. The number of benzene rings is 1. The van der Waals surface area contributed by atoms with Crippen molar-refractivity contribution in [1.82, 2.24) is 0 Å². The minimum Gasteiger partial charge on any atom is -0.483 e. The first-order chi connectivity index (χ1) is 8.81. The number of aliphatic hydroxyl groups is 1. The zero-order chi connectivity index (χ0) is 12.8. The van der Waals surface area contributed by atoms with Gasteiger partial charge >= 0.3 is 0 Å². The first-order valence-corrected chi connectivity index (χ1v) is 6.53. The summed E-state index contributed by atoms with van der Waals surface area (Å²) in [5, 5.41) is 9.21.